The van der Waals surface area contributed by atoms with Crippen molar-refractivity contribution in [2.24, 2.45) is 0 Å². The minimum absolute atomic E-state index is 0. The maximum absolute atomic E-state index is 7.85. The third-order valence-corrected chi connectivity index (χ3v) is 1.02. The molecule has 0 radical (unpaired) electrons. The fourth-order valence-electron chi connectivity index (χ4n) is 0.344. The van der Waals surface area contributed by atoms with Gasteiger partial charge in [-0.25, -0.2) is 4.98 Å². The van der Waals surface area contributed by atoms with E-state index >= 15 is 0 Å². The van der Waals surface area contributed by atoms with Crippen LogP contribution in [0.4, 0.5) is 0 Å². The Bertz CT molecular complexity index is 144. The summed E-state index contributed by atoms with van der Waals surface area (Å²) in [4.78, 5) is 6.75. The summed E-state index contributed by atoms with van der Waals surface area (Å²) in [6.07, 6.45) is 4.32. The molecule has 0 bridgehead atoms. The zero-order valence-corrected chi connectivity index (χ0v) is 9.32. The first-order chi connectivity index (χ1) is 4.81. The molecule has 0 aromatic carbocycles. The van der Waals surface area contributed by atoms with Gasteiger partial charge in [0.15, 0.2) is 0 Å². The average molecular weight is 241 g/mol. The van der Waals surface area contributed by atoms with Crippen LogP contribution in [-0.2, 0) is 0 Å². The summed E-state index contributed by atoms with van der Waals surface area (Å²) in [7, 11) is 2.41. The van der Waals surface area contributed by atoms with Crippen LogP contribution in [0, 0.1) is 6.92 Å². The first-order valence-electron chi connectivity index (χ1n) is 3.08. The van der Waals surface area contributed by atoms with Crippen LogP contribution in [0.5, 0.6) is 0 Å². The number of halogens is 1. The van der Waals surface area contributed by atoms with E-state index < -0.39 is 0 Å². The lowest BCUT2D eigenvalue weighted by Crippen LogP contribution is -1.75. The number of imidazole rings is 1. The van der Waals surface area contributed by atoms with Crippen LogP contribution in [0.2, 0.25) is 0 Å². The Morgan fingerprint density at radius 2 is 2.27 bits per heavy atom. The van der Waals surface area contributed by atoms with Gasteiger partial charge < -0.3 is 10.1 Å². The molecule has 0 saturated heterocycles. The Hall–Kier alpha value is 0.0800. The lowest BCUT2D eigenvalue weighted by atomic mass is 10.8. The van der Waals surface area contributed by atoms with Crippen LogP contribution in [0.15, 0.2) is 12.4 Å². The highest BCUT2D eigenvalue weighted by atomic mass is 79.9. The topological polar surface area (TPSA) is 48.9 Å². The smallest absolute Gasteiger partial charge is 0.102 e. The van der Waals surface area contributed by atoms with Crippen molar-refractivity contribution in [1.82, 2.24) is 9.97 Å². The maximum Gasteiger partial charge on any atom is 0.102 e. The molecule has 0 fully saturated rings. The number of H-pyrrole nitrogens is 1. The van der Waals surface area contributed by atoms with Gasteiger partial charge in [-0.2, -0.15) is 0 Å². The highest BCUT2D eigenvalue weighted by Gasteiger charge is 1.73. The molecule has 1 aromatic rings. The van der Waals surface area contributed by atoms with Crippen molar-refractivity contribution in [1.29, 1.82) is 0 Å². The molecule has 5 heteroatoms. The van der Waals surface area contributed by atoms with E-state index in [0.29, 0.717) is 0 Å². The number of hydrogen-bond acceptors (Lipinski definition) is 2. The number of nitrogens with zero attached hydrogens (tertiary/aromatic N) is 1. The van der Waals surface area contributed by atoms with Crippen LogP contribution in [0.25, 0.3) is 0 Å². The number of aliphatic hydroxyl groups is 1. The van der Waals surface area contributed by atoms with Crippen molar-refractivity contribution in [3.63, 3.8) is 0 Å². The van der Waals surface area contributed by atoms with Crippen molar-refractivity contribution in [2.75, 3.05) is 12.8 Å². The van der Waals surface area contributed by atoms with Gasteiger partial charge in [0.05, 0.1) is 0 Å². The highest BCUT2D eigenvalue weighted by Crippen LogP contribution is 1.78. The van der Waals surface area contributed by atoms with E-state index in [1.54, 1.807) is 12.4 Å². The van der Waals surface area contributed by atoms with Crippen LogP contribution in [-0.4, -0.2) is 27.8 Å². The number of rotatable bonds is 1. The van der Waals surface area contributed by atoms with Gasteiger partial charge in [-0.3, -0.25) is 0 Å². The number of aryl methyl sites for hydroxylation is 1. The normalized spacial score (nSPS) is 7.55. The lowest BCUT2D eigenvalue weighted by Gasteiger charge is -1.69. The van der Waals surface area contributed by atoms with E-state index in [-0.39, 0.29) is 23.6 Å². The second-order valence-electron chi connectivity index (χ2n) is 1.69. The van der Waals surface area contributed by atoms with Crippen LogP contribution < -0.4 is 0 Å². The number of nitrogens with one attached hydrogen (secondary N) is 1. The summed E-state index contributed by atoms with van der Waals surface area (Å²) in [6, 6.07) is 0. The quantitative estimate of drug-likeness (QED) is 0.724. The summed E-state index contributed by atoms with van der Waals surface area (Å²) >= 11 is 0. The molecule has 3 nitrogen and oxygen atoms in total. The predicted molar refractivity (Wildman–Crippen MR) is 55.3 cm³/mol. The molecule has 0 spiro atoms. The molecule has 1 heterocycles. The van der Waals surface area contributed by atoms with Crippen LogP contribution in [0.1, 0.15) is 5.82 Å². The molecule has 1 unspecified atom stereocenters. The first-order valence-corrected chi connectivity index (χ1v) is 3.89. The Morgan fingerprint density at radius 1 is 1.73 bits per heavy atom. The standard InChI is InChI=1S/C4H6N2.C2H7OP.BrH/c1-4-5-2-3-6-4;3-1-2-4;/h2-3H,1H3,(H,5,6);3H,1-2,4H2;1H. The summed E-state index contributed by atoms with van der Waals surface area (Å²) < 4.78 is 0. The Kier molecular flexibility index (Phi) is 12.5. The molecule has 0 saturated carbocycles. The van der Waals surface area contributed by atoms with Gasteiger partial charge in [-0.05, 0) is 13.1 Å². The van der Waals surface area contributed by atoms with E-state index in [9.17, 15) is 0 Å². The number of aromatic nitrogens is 2. The second-order valence-corrected chi connectivity index (χ2v) is 2.26. The molecule has 0 amide bonds. The van der Waals surface area contributed by atoms with E-state index in [2.05, 4.69) is 19.2 Å². The third kappa shape index (κ3) is 10.1. The van der Waals surface area contributed by atoms with Crippen LogP contribution >= 0.6 is 26.2 Å². The largest absolute Gasteiger partial charge is 0.396 e. The van der Waals surface area contributed by atoms with Crippen molar-refractivity contribution in [3.05, 3.63) is 18.2 Å². The monoisotopic (exact) mass is 240 g/mol. The Morgan fingerprint density at radius 3 is 2.36 bits per heavy atom. The van der Waals surface area contributed by atoms with Crippen molar-refractivity contribution < 1.29 is 5.11 Å². The van der Waals surface area contributed by atoms with Gasteiger partial charge in [0.1, 0.15) is 5.82 Å². The molecule has 1 aromatic heterocycles. The molecular formula is C6H14BrN2OP. The summed E-state index contributed by atoms with van der Waals surface area (Å²) in [5.41, 5.74) is 0. The second kappa shape index (κ2) is 10.1. The summed E-state index contributed by atoms with van der Waals surface area (Å²) in [5, 5.41) is 7.85. The minimum atomic E-state index is 0. The molecule has 2 N–H and O–H groups in total. The minimum Gasteiger partial charge on any atom is -0.396 e. The van der Waals surface area contributed by atoms with Gasteiger partial charge in [-0.1, -0.05) is 0 Å². The summed E-state index contributed by atoms with van der Waals surface area (Å²) in [5.74, 6) is 0.968. The predicted octanol–water partition coefficient (Wildman–Crippen LogP) is 1.15. The average Bonchev–Trinajstić information content (AvgIpc) is 2.40. The number of hydrogen-bond donors (Lipinski definition) is 2. The van der Waals surface area contributed by atoms with Crippen molar-refractivity contribution >= 4 is 26.2 Å². The van der Waals surface area contributed by atoms with Gasteiger partial charge in [-0.15, -0.1) is 26.2 Å². The van der Waals surface area contributed by atoms with Gasteiger partial charge in [0.2, 0.25) is 0 Å². The SMILES string of the molecule is Br.Cc1ncc[nH]1.OCCP. The Labute approximate surface area is 79.6 Å². The zero-order chi connectivity index (χ0) is 7.82. The van der Waals surface area contributed by atoms with Gasteiger partial charge in [0.25, 0.3) is 0 Å². The van der Waals surface area contributed by atoms with E-state index in [1.165, 1.54) is 0 Å². The van der Waals surface area contributed by atoms with Gasteiger partial charge in [0, 0.05) is 19.0 Å². The highest BCUT2D eigenvalue weighted by molar-refractivity contribution is 8.93. The molecule has 11 heavy (non-hydrogen) atoms. The molecular weight excluding hydrogens is 227 g/mol. The molecule has 0 aliphatic rings. The van der Waals surface area contributed by atoms with E-state index in [1.807, 2.05) is 6.92 Å². The maximum atomic E-state index is 7.85. The van der Waals surface area contributed by atoms with Crippen molar-refractivity contribution in [3.8, 4) is 0 Å². The third-order valence-electron chi connectivity index (χ3n) is 0.764. The molecule has 1 rings (SSSR count). The number of aromatic amines is 1. The lowest BCUT2D eigenvalue weighted by molar-refractivity contribution is 0.322. The fourth-order valence-corrected chi connectivity index (χ4v) is 0.344. The van der Waals surface area contributed by atoms with Gasteiger partial charge >= 0.3 is 0 Å². The first kappa shape index (κ1) is 13.7. The van der Waals surface area contributed by atoms with E-state index in [0.717, 1.165) is 12.0 Å². The van der Waals surface area contributed by atoms with Crippen LogP contribution in [0.3, 0.4) is 0 Å². The number of aliphatic hydroxyl groups excluding tert-OH is 1. The van der Waals surface area contributed by atoms with E-state index in [4.69, 9.17) is 5.11 Å². The molecule has 0 aliphatic heterocycles. The summed E-state index contributed by atoms with van der Waals surface area (Å²) in [6.45, 7) is 2.20. The molecule has 0 aliphatic carbocycles. The molecule has 66 valence electrons. The Balaban J connectivity index is 0. The molecule has 1 atom stereocenters. The van der Waals surface area contributed by atoms with Crippen molar-refractivity contribution in [2.45, 2.75) is 6.92 Å². The zero-order valence-electron chi connectivity index (χ0n) is 6.45. The fraction of sp³-hybridized carbons (Fsp3) is 0.500.